The SMILES string of the molecule is CC(C)Oc1ccc([N+](=O)[O-])cc1Cn1cc([N+](=O)[O-])ccc1=O. The molecule has 0 bridgehead atoms. The van der Waals surface area contributed by atoms with Gasteiger partial charge < -0.3 is 9.30 Å². The Labute approximate surface area is 136 Å². The Kier molecular flexibility index (Phi) is 4.93. The highest BCUT2D eigenvalue weighted by Gasteiger charge is 2.15. The zero-order valence-electron chi connectivity index (χ0n) is 13.0. The number of hydrogen-bond acceptors (Lipinski definition) is 6. The third-order valence-corrected chi connectivity index (χ3v) is 3.14. The number of hydrogen-bond donors (Lipinski definition) is 0. The second-order valence-electron chi connectivity index (χ2n) is 5.33. The highest BCUT2D eigenvalue weighted by molar-refractivity contribution is 5.44. The molecule has 0 aliphatic rings. The van der Waals surface area contributed by atoms with Crippen molar-refractivity contribution in [1.82, 2.24) is 4.57 Å². The summed E-state index contributed by atoms with van der Waals surface area (Å²) in [7, 11) is 0. The van der Waals surface area contributed by atoms with Crippen LogP contribution in [-0.2, 0) is 6.54 Å². The number of benzene rings is 1. The van der Waals surface area contributed by atoms with E-state index in [2.05, 4.69) is 0 Å². The lowest BCUT2D eigenvalue weighted by Crippen LogP contribution is -2.20. The summed E-state index contributed by atoms with van der Waals surface area (Å²) in [6, 6.07) is 6.24. The van der Waals surface area contributed by atoms with Crippen molar-refractivity contribution < 1.29 is 14.6 Å². The summed E-state index contributed by atoms with van der Waals surface area (Å²) >= 11 is 0. The number of nitro benzene ring substituents is 1. The van der Waals surface area contributed by atoms with E-state index >= 15 is 0 Å². The average molecular weight is 333 g/mol. The first kappa shape index (κ1) is 17.1. The second-order valence-corrected chi connectivity index (χ2v) is 5.33. The maximum absolute atomic E-state index is 11.9. The molecule has 0 fully saturated rings. The molecule has 0 aliphatic heterocycles. The van der Waals surface area contributed by atoms with E-state index in [4.69, 9.17) is 4.74 Å². The predicted molar refractivity (Wildman–Crippen MR) is 85.3 cm³/mol. The van der Waals surface area contributed by atoms with E-state index < -0.39 is 15.4 Å². The highest BCUT2D eigenvalue weighted by Crippen LogP contribution is 2.26. The Morgan fingerprint density at radius 3 is 2.29 bits per heavy atom. The van der Waals surface area contributed by atoms with Crippen LogP contribution in [0.1, 0.15) is 19.4 Å². The summed E-state index contributed by atoms with van der Waals surface area (Å²) in [4.78, 5) is 32.5. The molecule has 126 valence electrons. The molecule has 2 aromatic rings. The number of rotatable bonds is 6. The van der Waals surface area contributed by atoms with Crippen molar-refractivity contribution in [2.45, 2.75) is 26.5 Å². The summed E-state index contributed by atoms with van der Waals surface area (Å²) in [6.45, 7) is 3.51. The summed E-state index contributed by atoms with van der Waals surface area (Å²) in [5.74, 6) is 0.383. The molecule has 0 amide bonds. The van der Waals surface area contributed by atoms with Crippen LogP contribution in [0.4, 0.5) is 11.4 Å². The third-order valence-electron chi connectivity index (χ3n) is 3.14. The molecule has 0 unspecified atom stereocenters. The quantitative estimate of drug-likeness (QED) is 0.592. The lowest BCUT2D eigenvalue weighted by Gasteiger charge is -2.15. The fourth-order valence-electron chi connectivity index (χ4n) is 2.11. The van der Waals surface area contributed by atoms with Gasteiger partial charge in [0.2, 0.25) is 0 Å². The number of pyridine rings is 1. The number of non-ortho nitro benzene ring substituents is 1. The molecular formula is C15H15N3O6. The van der Waals surface area contributed by atoms with E-state index in [1.807, 2.05) is 0 Å². The van der Waals surface area contributed by atoms with E-state index in [0.29, 0.717) is 11.3 Å². The summed E-state index contributed by atoms with van der Waals surface area (Å²) in [5.41, 5.74) is -0.464. The average Bonchev–Trinajstić information content (AvgIpc) is 2.50. The maximum atomic E-state index is 11.9. The molecule has 0 aliphatic carbocycles. The molecule has 24 heavy (non-hydrogen) atoms. The summed E-state index contributed by atoms with van der Waals surface area (Å²) < 4.78 is 6.71. The van der Waals surface area contributed by atoms with E-state index in [1.54, 1.807) is 13.8 Å². The minimum atomic E-state index is -0.616. The molecule has 0 atom stereocenters. The molecular weight excluding hydrogens is 318 g/mol. The zero-order valence-corrected chi connectivity index (χ0v) is 13.0. The van der Waals surface area contributed by atoms with Crippen LogP contribution in [0.25, 0.3) is 0 Å². The van der Waals surface area contributed by atoms with Crippen molar-refractivity contribution in [1.29, 1.82) is 0 Å². The monoisotopic (exact) mass is 333 g/mol. The lowest BCUT2D eigenvalue weighted by molar-refractivity contribution is -0.385. The van der Waals surface area contributed by atoms with E-state index in [0.717, 1.165) is 22.9 Å². The Morgan fingerprint density at radius 1 is 1.08 bits per heavy atom. The van der Waals surface area contributed by atoms with Crippen molar-refractivity contribution >= 4 is 11.4 Å². The Bertz CT molecular complexity index is 843. The molecule has 0 N–H and O–H groups in total. The van der Waals surface area contributed by atoms with Gasteiger partial charge in [-0.25, -0.2) is 0 Å². The van der Waals surface area contributed by atoms with Crippen molar-refractivity contribution in [3.63, 3.8) is 0 Å². The Balaban J connectivity index is 2.48. The highest BCUT2D eigenvalue weighted by atomic mass is 16.6. The standard InChI is InChI=1S/C15H15N3O6/c1-10(2)24-14-5-3-12(17(20)21)7-11(14)8-16-9-13(18(22)23)4-6-15(16)19/h3-7,9-10H,8H2,1-2H3. The van der Waals surface area contributed by atoms with Crippen LogP contribution in [-0.4, -0.2) is 20.5 Å². The fourth-order valence-corrected chi connectivity index (χ4v) is 2.11. The number of aromatic nitrogens is 1. The van der Waals surface area contributed by atoms with Crippen molar-refractivity contribution in [2.24, 2.45) is 0 Å². The number of nitro groups is 2. The van der Waals surface area contributed by atoms with E-state index in [9.17, 15) is 25.0 Å². The van der Waals surface area contributed by atoms with Gasteiger partial charge in [0.15, 0.2) is 0 Å². The predicted octanol–water partition coefficient (Wildman–Crippen LogP) is 2.50. The normalized spacial score (nSPS) is 10.6. The molecule has 1 heterocycles. The van der Waals surface area contributed by atoms with Gasteiger partial charge in [-0.2, -0.15) is 0 Å². The summed E-state index contributed by atoms with van der Waals surface area (Å²) in [6.07, 6.45) is 0.924. The molecule has 1 aromatic carbocycles. The first-order valence-electron chi connectivity index (χ1n) is 7.07. The lowest BCUT2D eigenvalue weighted by atomic mass is 10.1. The van der Waals surface area contributed by atoms with Crippen molar-refractivity contribution in [3.8, 4) is 5.75 Å². The topological polar surface area (TPSA) is 118 Å². The van der Waals surface area contributed by atoms with Gasteiger partial charge >= 0.3 is 0 Å². The molecule has 2 rings (SSSR count). The molecule has 0 spiro atoms. The van der Waals surface area contributed by atoms with Gasteiger partial charge in [0.25, 0.3) is 16.9 Å². The zero-order chi connectivity index (χ0) is 17.9. The fraction of sp³-hybridized carbons (Fsp3) is 0.267. The first-order chi connectivity index (χ1) is 11.3. The maximum Gasteiger partial charge on any atom is 0.285 e. The van der Waals surface area contributed by atoms with Gasteiger partial charge in [-0.3, -0.25) is 25.0 Å². The van der Waals surface area contributed by atoms with E-state index in [1.165, 1.54) is 18.2 Å². The van der Waals surface area contributed by atoms with Crippen molar-refractivity contribution in [2.75, 3.05) is 0 Å². The smallest absolute Gasteiger partial charge is 0.285 e. The molecule has 9 heteroatoms. The van der Waals surface area contributed by atoms with Crippen LogP contribution in [0.2, 0.25) is 0 Å². The molecule has 0 radical (unpaired) electrons. The third kappa shape index (κ3) is 3.94. The van der Waals surface area contributed by atoms with Crippen LogP contribution in [0.15, 0.2) is 41.3 Å². The Morgan fingerprint density at radius 2 is 1.71 bits per heavy atom. The minimum absolute atomic E-state index is 0.0791. The van der Waals surface area contributed by atoms with Gasteiger partial charge in [-0.15, -0.1) is 0 Å². The van der Waals surface area contributed by atoms with Gasteiger partial charge in [0.1, 0.15) is 5.75 Å². The van der Waals surface area contributed by atoms with Gasteiger partial charge in [-0.1, -0.05) is 0 Å². The van der Waals surface area contributed by atoms with Crippen LogP contribution < -0.4 is 10.3 Å². The van der Waals surface area contributed by atoms with Crippen LogP contribution in [0, 0.1) is 20.2 Å². The number of nitrogens with zero attached hydrogens (tertiary/aromatic N) is 3. The van der Waals surface area contributed by atoms with E-state index in [-0.39, 0.29) is 24.0 Å². The van der Waals surface area contributed by atoms with Crippen LogP contribution >= 0.6 is 0 Å². The molecule has 0 saturated heterocycles. The van der Waals surface area contributed by atoms with Crippen molar-refractivity contribution in [3.05, 3.63) is 72.7 Å². The first-order valence-corrected chi connectivity index (χ1v) is 7.07. The largest absolute Gasteiger partial charge is 0.491 e. The molecule has 1 aromatic heterocycles. The van der Waals surface area contributed by atoms with Gasteiger partial charge in [-0.05, 0) is 19.9 Å². The molecule has 0 saturated carbocycles. The van der Waals surface area contributed by atoms with Crippen LogP contribution in [0.3, 0.4) is 0 Å². The van der Waals surface area contributed by atoms with Crippen LogP contribution in [0.5, 0.6) is 5.75 Å². The van der Waals surface area contributed by atoms with Gasteiger partial charge in [0, 0.05) is 29.8 Å². The molecule has 9 nitrogen and oxygen atoms in total. The second kappa shape index (κ2) is 6.90. The Hall–Kier alpha value is -3.23. The summed E-state index contributed by atoms with van der Waals surface area (Å²) in [5, 5.41) is 21.8. The van der Waals surface area contributed by atoms with Gasteiger partial charge in [0.05, 0.1) is 28.7 Å². The minimum Gasteiger partial charge on any atom is -0.491 e. The number of ether oxygens (including phenoxy) is 1.